The number of ether oxygens (including phenoxy) is 3. The predicted octanol–water partition coefficient (Wildman–Crippen LogP) is 4.22. The summed E-state index contributed by atoms with van der Waals surface area (Å²) in [5.41, 5.74) is 5.93. The number of morpholine rings is 1. The Bertz CT molecular complexity index is 1090. The van der Waals surface area contributed by atoms with Crippen molar-refractivity contribution in [1.29, 1.82) is 0 Å². The lowest BCUT2D eigenvalue weighted by Crippen LogP contribution is -2.39. The van der Waals surface area contributed by atoms with E-state index in [-0.39, 0.29) is 5.60 Å². The molecular formula is C30H45N5O4. The summed E-state index contributed by atoms with van der Waals surface area (Å²) in [5, 5.41) is 6.90. The quantitative estimate of drug-likeness (QED) is 0.561. The van der Waals surface area contributed by atoms with Gasteiger partial charge in [0.2, 0.25) is 6.41 Å². The minimum Gasteiger partial charge on any atom is -0.486 e. The van der Waals surface area contributed by atoms with Gasteiger partial charge in [-0.05, 0) is 63.8 Å². The van der Waals surface area contributed by atoms with Crippen molar-refractivity contribution in [2.45, 2.75) is 58.7 Å². The van der Waals surface area contributed by atoms with E-state index in [0.717, 1.165) is 81.7 Å². The predicted molar refractivity (Wildman–Crippen MR) is 155 cm³/mol. The van der Waals surface area contributed by atoms with Gasteiger partial charge in [0.15, 0.2) is 0 Å². The van der Waals surface area contributed by atoms with Gasteiger partial charge in [0.1, 0.15) is 18.2 Å². The van der Waals surface area contributed by atoms with Crippen LogP contribution in [0, 0.1) is 6.92 Å². The fraction of sp³-hybridized carbons (Fsp3) is 0.600. The first-order valence-corrected chi connectivity index (χ1v) is 14.1. The van der Waals surface area contributed by atoms with Crippen molar-refractivity contribution in [1.82, 2.24) is 15.2 Å². The second kappa shape index (κ2) is 13.5. The van der Waals surface area contributed by atoms with Gasteiger partial charge < -0.3 is 34.6 Å². The molecule has 0 unspecified atom stereocenters. The van der Waals surface area contributed by atoms with Crippen molar-refractivity contribution in [3.63, 3.8) is 0 Å². The maximum atomic E-state index is 9.93. The van der Waals surface area contributed by atoms with Crippen LogP contribution in [0.2, 0.25) is 0 Å². The highest BCUT2D eigenvalue weighted by molar-refractivity contribution is 5.74. The minimum atomic E-state index is 0.0417. The molecule has 0 radical (unpaired) electrons. The van der Waals surface area contributed by atoms with E-state index in [9.17, 15) is 4.79 Å². The molecule has 9 nitrogen and oxygen atoms in total. The van der Waals surface area contributed by atoms with Crippen LogP contribution in [0.15, 0.2) is 24.4 Å². The number of nitrogens with one attached hydrogen (secondary N) is 2. The second-order valence-corrected chi connectivity index (χ2v) is 11.4. The summed E-state index contributed by atoms with van der Waals surface area (Å²) in [4.78, 5) is 18.7. The summed E-state index contributed by atoms with van der Waals surface area (Å²) in [6.45, 7) is 16.1. The number of fused-ring (bicyclic) bond motifs is 2. The second-order valence-electron chi connectivity index (χ2n) is 11.4. The SMILES string of the molecule is COC(C)(C)C.Cc1cc(C2CNC2)cc2c1OCc1c(N3CCOCC3)ccnc1N2.O=CN1CCCC1. The summed E-state index contributed by atoms with van der Waals surface area (Å²) in [7, 11) is 1.71. The maximum Gasteiger partial charge on any atom is 0.209 e. The molecule has 9 heteroatoms. The van der Waals surface area contributed by atoms with E-state index in [1.165, 1.54) is 29.7 Å². The number of nitrogens with zero attached hydrogens (tertiary/aromatic N) is 3. The topological polar surface area (TPSA) is 88.2 Å². The Labute approximate surface area is 233 Å². The molecule has 0 spiro atoms. The first-order valence-electron chi connectivity index (χ1n) is 14.1. The van der Waals surface area contributed by atoms with Gasteiger partial charge in [-0.15, -0.1) is 0 Å². The van der Waals surface area contributed by atoms with Crippen LogP contribution in [-0.4, -0.2) is 81.5 Å². The lowest BCUT2D eigenvalue weighted by Gasteiger charge is -2.30. The van der Waals surface area contributed by atoms with Gasteiger partial charge in [-0.25, -0.2) is 4.98 Å². The first kappa shape index (κ1) is 29.1. The molecule has 39 heavy (non-hydrogen) atoms. The summed E-state index contributed by atoms with van der Waals surface area (Å²) < 4.78 is 16.7. The molecule has 1 aromatic heterocycles. The Morgan fingerprint density at radius 3 is 2.36 bits per heavy atom. The zero-order chi connectivity index (χ0) is 27.8. The molecule has 0 bridgehead atoms. The van der Waals surface area contributed by atoms with Crippen LogP contribution in [0.3, 0.4) is 0 Å². The number of hydrogen-bond acceptors (Lipinski definition) is 8. The Morgan fingerprint density at radius 2 is 1.79 bits per heavy atom. The fourth-order valence-electron chi connectivity index (χ4n) is 4.80. The largest absolute Gasteiger partial charge is 0.486 e. The molecule has 3 fully saturated rings. The van der Waals surface area contributed by atoms with E-state index in [2.05, 4.69) is 45.6 Å². The minimum absolute atomic E-state index is 0.0417. The van der Waals surface area contributed by atoms with Crippen LogP contribution in [0.25, 0.3) is 0 Å². The van der Waals surface area contributed by atoms with Crippen molar-refractivity contribution in [3.8, 4) is 5.75 Å². The van der Waals surface area contributed by atoms with E-state index in [0.29, 0.717) is 12.5 Å². The van der Waals surface area contributed by atoms with E-state index in [4.69, 9.17) is 14.2 Å². The first-order chi connectivity index (χ1) is 18.8. The highest BCUT2D eigenvalue weighted by Crippen LogP contribution is 2.40. The summed E-state index contributed by atoms with van der Waals surface area (Å²) >= 11 is 0. The molecule has 0 atom stereocenters. The van der Waals surface area contributed by atoms with E-state index >= 15 is 0 Å². The van der Waals surface area contributed by atoms with Crippen LogP contribution in [0.4, 0.5) is 17.2 Å². The third-order valence-electron chi connectivity index (χ3n) is 7.45. The number of aromatic nitrogens is 1. The van der Waals surface area contributed by atoms with Gasteiger partial charge in [-0.1, -0.05) is 6.07 Å². The van der Waals surface area contributed by atoms with Gasteiger partial charge in [-0.3, -0.25) is 4.79 Å². The van der Waals surface area contributed by atoms with Crippen LogP contribution < -0.4 is 20.3 Å². The lowest BCUT2D eigenvalue weighted by atomic mass is 9.92. The van der Waals surface area contributed by atoms with Crippen molar-refractivity contribution in [3.05, 3.63) is 41.1 Å². The molecule has 2 aromatic rings. The zero-order valence-corrected chi connectivity index (χ0v) is 24.2. The number of pyridine rings is 1. The van der Waals surface area contributed by atoms with Gasteiger partial charge in [0.25, 0.3) is 0 Å². The maximum absolute atomic E-state index is 9.93. The third kappa shape index (κ3) is 7.84. The monoisotopic (exact) mass is 539 g/mol. The van der Waals surface area contributed by atoms with Gasteiger partial charge in [0.05, 0.1) is 30.1 Å². The number of rotatable bonds is 3. The molecular weight excluding hydrogens is 494 g/mol. The number of benzene rings is 1. The van der Waals surface area contributed by atoms with Gasteiger partial charge >= 0.3 is 0 Å². The molecule has 214 valence electrons. The molecule has 5 heterocycles. The van der Waals surface area contributed by atoms with Gasteiger partial charge in [0, 0.05) is 64.2 Å². The van der Waals surface area contributed by atoms with Crippen molar-refractivity contribution in [2.24, 2.45) is 0 Å². The molecule has 3 saturated heterocycles. The molecule has 1 aromatic carbocycles. The van der Waals surface area contributed by atoms with Crippen LogP contribution >= 0.6 is 0 Å². The molecule has 2 N–H and O–H groups in total. The van der Waals surface area contributed by atoms with Crippen LogP contribution in [-0.2, 0) is 20.9 Å². The average molecular weight is 540 g/mol. The van der Waals surface area contributed by atoms with Crippen LogP contribution in [0.1, 0.15) is 56.2 Å². The lowest BCUT2D eigenvalue weighted by molar-refractivity contribution is -0.117. The number of carbonyl (C=O) groups is 1. The fourth-order valence-corrected chi connectivity index (χ4v) is 4.80. The summed E-state index contributed by atoms with van der Waals surface area (Å²) in [6, 6.07) is 6.58. The third-order valence-corrected chi connectivity index (χ3v) is 7.45. The number of methoxy groups -OCH3 is 1. The molecule has 4 aliphatic heterocycles. The molecule has 6 rings (SSSR count). The smallest absolute Gasteiger partial charge is 0.209 e. The number of likely N-dealkylation sites (tertiary alicyclic amines) is 1. The van der Waals surface area contributed by atoms with Gasteiger partial charge in [-0.2, -0.15) is 0 Å². The average Bonchev–Trinajstić information content (AvgIpc) is 3.35. The molecule has 4 aliphatic rings. The number of amides is 1. The number of carbonyl (C=O) groups excluding carboxylic acids is 1. The van der Waals surface area contributed by atoms with E-state index in [1.54, 1.807) is 12.0 Å². The Morgan fingerprint density at radius 1 is 1.10 bits per heavy atom. The highest BCUT2D eigenvalue weighted by Gasteiger charge is 2.25. The number of hydrogen-bond donors (Lipinski definition) is 2. The van der Waals surface area contributed by atoms with Crippen molar-refractivity contribution < 1.29 is 19.0 Å². The Balaban J connectivity index is 0.000000225. The molecule has 1 amide bonds. The van der Waals surface area contributed by atoms with Crippen molar-refractivity contribution in [2.75, 3.05) is 69.8 Å². The van der Waals surface area contributed by atoms with Crippen molar-refractivity contribution >= 4 is 23.6 Å². The zero-order valence-electron chi connectivity index (χ0n) is 24.2. The Hall–Kier alpha value is -2.88. The van der Waals surface area contributed by atoms with E-state index in [1.807, 2.05) is 27.0 Å². The molecule has 0 saturated carbocycles. The highest BCUT2D eigenvalue weighted by atomic mass is 16.5. The number of anilines is 3. The summed E-state index contributed by atoms with van der Waals surface area (Å²) in [5.74, 6) is 2.43. The Kier molecular flexibility index (Phi) is 10.0. The standard InChI is InChI=1S/C20H24N4O2.C5H9NO.C5H12O/c1-13-8-14(15-10-21-11-15)9-17-19(13)26-12-16-18(2-3-22-20(16)23-17)24-4-6-25-7-5-24;7-5-6-3-1-2-4-6;1-5(2,3)6-4/h2-3,8-9,15,21H,4-7,10-12H2,1H3,(H,22,23);5H,1-4H2;1-4H3. The van der Waals surface area contributed by atoms with E-state index < -0.39 is 0 Å². The molecule has 0 aliphatic carbocycles. The van der Waals surface area contributed by atoms with Crippen LogP contribution in [0.5, 0.6) is 5.75 Å². The summed E-state index contributed by atoms with van der Waals surface area (Å²) in [6.07, 6.45) is 5.19. The number of aryl methyl sites for hydroxylation is 1. The normalized spacial score (nSPS) is 18.5.